The monoisotopic (exact) mass is 387 g/mol. The van der Waals surface area contributed by atoms with E-state index in [1.807, 2.05) is 0 Å². The van der Waals surface area contributed by atoms with E-state index in [1.54, 1.807) is 20.8 Å². The fourth-order valence-electron chi connectivity index (χ4n) is 3.38. The first-order valence-electron chi connectivity index (χ1n) is 8.76. The molecule has 1 heterocycles. The van der Waals surface area contributed by atoms with Crippen molar-refractivity contribution in [2.75, 3.05) is 6.61 Å². The Hall–Kier alpha value is -3.22. The first kappa shape index (κ1) is 19.5. The number of phenolic OH excluding ortho intramolecular Hbond substituents is 1. The Bertz CT molecular complexity index is 1090. The van der Waals surface area contributed by atoms with Crippen molar-refractivity contribution in [1.82, 2.24) is 4.57 Å². The van der Waals surface area contributed by atoms with E-state index in [0.717, 1.165) is 12.1 Å². The summed E-state index contributed by atoms with van der Waals surface area (Å²) in [5.41, 5.74) is 1.38. The van der Waals surface area contributed by atoms with Gasteiger partial charge < -0.3 is 9.84 Å². The van der Waals surface area contributed by atoms with Crippen LogP contribution in [0.4, 0.5) is 8.78 Å². The van der Waals surface area contributed by atoms with Gasteiger partial charge in [0.25, 0.3) is 5.91 Å². The maximum atomic E-state index is 13.6. The van der Waals surface area contributed by atoms with Crippen molar-refractivity contribution in [3.8, 4) is 5.75 Å². The predicted octanol–water partition coefficient (Wildman–Crippen LogP) is 4.29. The van der Waals surface area contributed by atoms with E-state index < -0.39 is 29.4 Å². The summed E-state index contributed by atoms with van der Waals surface area (Å²) in [6.07, 6.45) is 0. The van der Waals surface area contributed by atoms with Gasteiger partial charge in [-0.15, -0.1) is 0 Å². The van der Waals surface area contributed by atoms with Crippen molar-refractivity contribution in [1.29, 1.82) is 0 Å². The van der Waals surface area contributed by atoms with Crippen LogP contribution in [0.1, 0.15) is 41.4 Å². The number of nitrogens with zero attached hydrogens (tertiary/aromatic N) is 1. The Morgan fingerprint density at radius 2 is 1.86 bits per heavy atom. The standard InChI is InChI=1S/C21H19F2NO4/c1-4-28-21(27)11(2)19-12(3)24(18-8-6-14(25)10-15(18)19)20(26)13-5-7-16(22)17(23)9-13/h5-11,25H,4H2,1-3H3. The van der Waals surface area contributed by atoms with E-state index in [4.69, 9.17) is 4.74 Å². The second-order valence-electron chi connectivity index (χ2n) is 6.44. The molecule has 5 nitrogen and oxygen atoms in total. The summed E-state index contributed by atoms with van der Waals surface area (Å²) >= 11 is 0. The first-order valence-corrected chi connectivity index (χ1v) is 8.76. The average Bonchev–Trinajstić information content (AvgIpc) is 2.94. The van der Waals surface area contributed by atoms with Gasteiger partial charge in [-0.2, -0.15) is 0 Å². The van der Waals surface area contributed by atoms with Crippen LogP contribution in [-0.4, -0.2) is 28.2 Å². The molecule has 0 fully saturated rings. The molecule has 0 spiro atoms. The molecule has 1 aromatic heterocycles. The molecule has 7 heteroatoms. The Labute approximate surface area is 160 Å². The topological polar surface area (TPSA) is 68.5 Å². The fraction of sp³-hybridized carbons (Fsp3) is 0.238. The minimum Gasteiger partial charge on any atom is -0.508 e. The van der Waals surface area contributed by atoms with Crippen LogP contribution in [0.5, 0.6) is 5.75 Å². The Morgan fingerprint density at radius 3 is 2.50 bits per heavy atom. The van der Waals surface area contributed by atoms with Crippen LogP contribution in [0, 0.1) is 18.6 Å². The number of ether oxygens (including phenoxy) is 1. The second kappa shape index (κ2) is 7.42. The molecule has 3 rings (SSSR count). The van der Waals surface area contributed by atoms with Gasteiger partial charge in [0.15, 0.2) is 11.6 Å². The molecule has 28 heavy (non-hydrogen) atoms. The third kappa shape index (κ3) is 3.24. The van der Waals surface area contributed by atoms with Crippen LogP contribution >= 0.6 is 0 Å². The summed E-state index contributed by atoms with van der Waals surface area (Å²) < 4.78 is 33.3. The number of fused-ring (bicyclic) bond motifs is 1. The van der Waals surface area contributed by atoms with Gasteiger partial charge >= 0.3 is 5.97 Å². The third-order valence-electron chi connectivity index (χ3n) is 4.68. The number of phenols is 1. The normalized spacial score (nSPS) is 12.2. The Kier molecular flexibility index (Phi) is 5.18. The molecule has 3 aromatic rings. The van der Waals surface area contributed by atoms with E-state index in [1.165, 1.54) is 28.8 Å². The maximum absolute atomic E-state index is 13.6. The quantitative estimate of drug-likeness (QED) is 0.678. The summed E-state index contributed by atoms with van der Waals surface area (Å²) in [5.74, 6) is -3.93. The van der Waals surface area contributed by atoms with Crippen molar-refractivity contribution in [2.45, 2.75) is 26.7 Å². The molecule has 0 saturated heterocycles. The first-order chi connectivity index (χ1) is 13.3. The minimum atomic E-state index is -1.13. The van der Waals surface area contributed by atoms with Gasteiger partial charge in [-0.1, -0.05) is 0 Å². The fourth-order valence-corrected chi connectivity index (χ4v) is 3.38. The highest BCUT2D eigenvalue weighted by Crippen LogP contribution is 2.35. The largest absolute Gasteiger partial charge is 0.508 e. The van der Waals surface area contributed by atoms with E-state index in [-0.39, 0.29) is 17.9 Å². The van der Waals surface area contributed by atoms with Gasteiger partial charge in [-0.3, -0.25) is 14.2 Å². The SMILES string of the molecule is CCOC(=O)C(C)c1c(C)n(C(=O)c2ccc(F)c(F)c2)c2ccc(O)cc12. The lowest BCUT2D eigenvalue weighted by Gasteiger charge is -2.12. The lowest BCUT2D eigenvalue weighted by Crippen LogP contribution is -2.17. The molecule has 146 valence electrons. The van der Waals surface area contributed by atoms with Crippen molar-refractivity contribution < 1.29 is 28.2 Å². The molecule has 0 radical (unpaired) electrons. The van der Waals surface area contributed by atoms with Crippen LogP contribution < -0.4 is 0 Å². The zero-order valence-electron chi connectivity index (χ0n) is 15.6. The van der Waals surface area contributed by atoms with E-state index in [2.05, 4.69) is 0 Å². The summed E-state index contributed by atoms with van der Waals surface area (Å²) in [4.78, 5) is 25.3. The molecule has 1 unspecified atom stereocenters. The zero-order chi connectivity index (χ0) is 20.6. The molecule has 1 N–H and O–H groups in total. The summed E-state index contributed by atoms with van der Waals surface area (Å²) in [5, 5.41) is 10.4. The molecular weight excluding hydrogens is 368 g/mol. The van der Waals surface area contributed by atoms with Gasteiger partial charge in [0.2, 0.25) is 0 Å². The van der Waals surface area contributed by atoms with Gasteiger partial charge in [0.05, 0.1) is 18.0 Å². The Balaban J connectivity index is 2.23. The van der Waals surface area contributed by atoms with Gasteiger partial charge in [0.1, 0.15) is 5.75 Å². The van der Waals surface area contributed by atoms with Crippen molar-refractivity contribution in [3.05, 3.63) is 64.9 Å². The molecule has 0 aliphatic rings. The van der Waals surface area contributed by atoms with Crippen molar-refractivity contribution in [2.24, 2.45) is 0 Å². The van der Waals surface area contributed by atoms with Gasteiger partial charge in [-0.05, 0) is 62.7 Å². The highest BCUT2D eigenvalue weighted by atomic mass is 19.2. The highest BCUT2D eigenvalue weighted by molar-refractivity contribution is 6.05. The number of carbonyl (C=O) groups excluding carboxylic acids is 2. The third-order valence-corrected chi connectivity index (χ3v) is 4.68. The van der Waals surface area contributed by atoms with E-state index in [0.29, 0.717) is 22.2 Å². The molecule has 0 aliphatic heterocycles. The number of hydrogen-bond acceptors (Lipinski definition) is 4. The summed E-state index contributed by atoms with van der Waals surface area (Å²) in [7, 11) is 0. The number of esters is 1. The van der Waals surface area contributed by atoms with Gasteiger partial charge in [0, 0.05) is 16.6 Å². The average molecular weight is 387 g/mol. The molecule has 1 atom stereocenters. The lowest BCUT2D eigenvalue weighted by atomic mass is 9.98. The number of aromatic hydroxyl groups is 1. The second-order valence-corrected chi connectivity index (χ2v) is 6.44. The highest BCUT2D eigenvalue weighted by Gasteiger charge is 2.27. The predicted molar refractivity (Wildman–Crippen MR) is 99.5 cm³/mol. The number of halogens is 2. The zero-order valence-corrected chi connectivity index (χ0v) is 15.6. The van der Waals surface area contributed by atoms with Crippen LogP contribution in [0.25, 0.3) is 10.9 Å². The maximum Gasteiger partial charge on any atom is 0.313 e. The molecule has 0 bridgehead atoms. The van der Waals surface area contributed by atoms with Crippen molar-refractivity contribution >= 4 is 22.8 Å². The molecule has 0 aliphatic carbocycles. The number of aromatic nitrogens is 1. The van der Waals surface area contributed by atoms with Crippen LogP contribution in [0.15, 0.2) is 36.4 Å². The van der Waals surface area contributed by atoms with Crippen LogP contribution in [0.3, 0.4) is 0 Å². The van der Waals surface area contributed by atoms with Crippen molar-refractivity contribution in [3.63, 3.8) is 0 Å². The number of rotatable bonds is 4. The number of carbonyl (C=O) groups is 2. The number of benzene rings is 2. The molecule has 0 amide bonds. The Morgan fingerprint density at radius 1 is 1.14 bits per heavy atom. The smallest absolute Gasteiger partial charge is 0.313 e. The summed E-state index contributed by atoms with van der Waals surface area (Å²) in [6.45, 7) is 5.20. The van der Waals surface area contributed by atoms with Crippen LogP contribution in [-0.2, 0) is 9.53 Å². The number of hydrogen-bond donors (Lipinski definition) is 1. The van der Waals surface area contributed by atoms with E-state index in [9.17, 15) is 23.5 Å². The minimum absolute atomic E-state index is 0.0257. The van der Waals surface area contributed by atoms with E-state index >= 15 is 0 Å². The molecular formula is C21H19F2NO4. The lowest BCUT2D eigenvalue weighted by molar-refractivity contribution is -0.144. The van der Waals surface area contributed by atoms with Gasteiger partial charge in [-0.25, -0.2) is 8.78 Å². The summed E-state index contributed by atoms with van der Waals surface area (Å²) in [6, 6.07) is 7.32. The molecule has 2 aromatic carbocycles. The molecule has 0 saturated carbocycles. The van der Waals surface area contributed by atoms with Crippen LogP contribution in [0.2, 0.25) is 0 Å².